The average molecular weight is 144 g/mol. The van der Waals surface area contributed by atoms with Gasteiger partial charge in [0.15, 0.2) is 0 Å². The molecule has 3 nitrogen and oxygen atoms in total. The lowest BCUT2D eigenvalue weighted by molar-refractivity contribution is 0.441. The number of hydrogen-bond acceptors (Lipinski definition) is 3. The second-order valence-electron chi connectivity index (χ2n) is 2.51. The molecule has 1 fully saturated rings. The van der Waals surface area contributed by atoms with E-state index in [0.29, 0.717) is 6.04 Å². The minimum Gasteiger partial charge on any atom is -0.429 e. The van der Waals surface area contributed by atoms with E-state index in [0.717, 1.165) is 0 Å². The van der Waals surface area contributed by atoms with Crippen molar-refractivity contribution in [3.63, 3.8) is 0 Å². The van der Waals surface area contributed by atoms with Crippen LogP contribution >= 0.6 is 0 Å². The van der Waals surface area contributed by atoms with E-state index in [1.807, 2.05) is 0 Å². The zero-order chi connectivity index (χ0) is 7.82. The Kier molecular flexibility index (Phi) is 7.02. The SMILES string of the molecule is NC1CCCCC1.O[B]O. The van der Waals surface area contributed by atoms with Gasteiger partial charge in [-0.3, -0.25) is 0 Å². The lowest BCUT2D eigenvalue weighted by Crippen LogP contribution is -2.22. The van der Waals surface area contributed by atoms with Crippen molar-refractivity contribution >= 4 is 7.69 Å². The molecule has 0 heterocycles. The number of nitrogens with two attached hydrogens (primary N) is 1. The zero-order valence-corrected chi connectivity index (χ0v) is 6.16. The van der Waals surface area contributed by atoms with Crippen LogP contribution in [0.25, 0.3) is 0 Å². The van der Waals surface area contributed by atoms with Gasteiger partial charge in [-0.1, -0.05) is 19.3 Å². The van der Waals surface area contributed by atoms with Crippen LogP contribution in [0, 0.1) is 0 Å². The van der Waals surface area contributed by atoms with Crippen molar-refractivity contribution in [3.05, 3.63) is 0 Å². The van der Waals surface area contributed by atoms with E-state index in [9.17, 15) is 0 Å². The second-order valence-corrected chi connectivity index (χ2v) is 2.51. The molecule has 4 N–H and O–H groups in total. The van der Waals surface area contributed by atoms with E-state index in [4.69, 9.17) is 15.8 Å². The summed E-state index contributed by atoms with van der Waals surface area (Å²) in [5, 5.41) is 14.0. The summed E-state index contributed by atoms with van der Waals surface area (Å²) in [4.78, 5) is 0. The molecule has 4 heteroatoms. The van der Waals surface area contributed by atoms with Crippen LogP contribution in [-0.4, -0.2) is 23.8 Å². The number of hydrogen-bond donors (Lipinski definition) is 3. The quantitative estimate of drug-likeness (QED) is 0.412. The molecule has 0 spiro atoms. The minimum atomic E-state index is 0. The van der Waals surface area contributed by atoms with Crippen LogP contribution in [0.5, 0.6) is 0 Å². The maximum Gasteiger partial charge on any atom is 0.482 e. The van der Waals surface area contributed by atoms with Crippen LogP contribution in [0.15, 0.2) is 0 Å². The minimum absolute atomic E-state index is 0. The zero-order valence-electron chi connectivity index (χ0n) is 6.16. The lowest BCUT2D eigenvalue weighted by Gasteiger charge is -2.15. The molecule has 1 rings (SSSR count). The highest BCUT2D eigenvalue weighted by Crippen LogP contribution is 2.14. The summed E-state index contributed by atoms with van der Waals surface area (Å²) >= 11 is 0. The first-order chi connectivity index (χ1) is 4.81. The predicted molar refractivity (Wildman–Crippen MR) is 41.3 cm³/mol. The Morgan fingerprint density at radius 3 is 1.70 bits per heavy atom. The normalized spacial score (nSPS) is 19.1. The van der Waals surface area contributed by atoms with Crippen molar-refractivity contribution < 1.29 is 10.0 Å². The van der Waals surface area contributed by atoms with Crippen molar-refractivity contribution in [3.8, 4) is 0 Å². The molecule has 0 aromatic carbocycles. The highest BCUT2D eigenvalue weighted by Gasteiger charge is 2.06. The average Bonchev–Trinajstić information content (AvgIpc) is 1.91. The third-order valence-electron chi connectivity index (χ3n) is 1.65. The molecule has 0 aromatic rings. The molecule has 1 aliphatic rings. The second kappa shape index (κ2) is 7.06. The Morgan fingerprint density at radius 1 is 1.10 bits per heavy atom. The van der Waals surface area contributed by atoms with Gasteiger partial charge in [-0.05, 0) is 12.8 Å². The van der Waals surface area contributed by atoms with E-state index in [1.165, 1.54) is 32.1 Å². The van der Waals surface area contributed by atoms with Gasteiger partial charge in [0.1, 0.15) is 0 Å². The van der Waals surface area contributed by atoms with E-state index in [1.54, 1.807) is 0 Å². The summed E-state index contributed by atoms with van der Waals surface area (Å²) in [7, 11) is 0. The number of rotatable bonds is 0. The van der Waals surface area contributed by atoms with Crippen molar-refractivity contribution in [1.82, 2.24) is 0 Å². The first kappa shape index (κ1) is 9.94. The molecule has 0 amide bonds. The van der Waals surface area contributed by atoms with Crippen molar-refractivity contribution in [1.29, 1.82) is 0 Å². The van der Waals surface area contributed by atoms with E-state index in [2.05, 4.69) is 0 Å². The van der Waals surface area contributed by atoms with E-state index < -0.39 is 0 Å². The summed E-state index contributed by atoms with van der Waals surface area (Å²) in [6.07, 6.45) is 6.66. The Hall–Kier alpha value is -0.0551. The molecular formula is C6H15BNO2. The molecule has 0 saturated heterocycles. The smallest absolute Gasteiger partial charge is 0.429 e. The van der Waals surface area contributed by atoms with Crippen molar-refractivity contribution in [2.45, 2.75) is 38.1 Å². The predicted octanol–water partition coefficient (Wildman–Crippen LogP) is -0.217. The molecule has 1 radical (unpaired) electrons. The maximum absolute atomic E-state index is 7.00. The monoisotopic (exact) mass is 144 g/mol. The van der Waals surface area contributed by atoms with Gasteiger partial charge >= 0.3 is 7.69 Å². The van der Waals surface area contributed by atoms with E-state index in [-0.39, 0.29) is 7.69 Å². The van der Waals surface area contributed by atoms with Gasteiger partial charge in [0.2, 0.25) is 0 Å². The van der Waals surface area contributed by atoms with Gasteiger partial charge in [0.05, 0.1) is 0 Å². The fourth-order valence-corrected chi connectivity index (χ4v) is 1.13. The molecule has 0 aromatic heterocycles. The van der Waals surface area contributed by atoms with Crippen molar-refractivity contribution in [2.24, 2.45) is 5.73 Å². The fraction of sp³-hybridized carbons (Fsp3) is 1.00. The molecule has 0 atom stereocenters. The molecule has 1 aliphatic carbocycles. The van der Waals surface area contributed by atoms with Gasteiger partial charge in [0, 0.05) is 6.04 Å². The largest absolute Gasteiger partial charge is 0.482 e. The molecule has 0 aliphatic heterocycles. The van der Waals surface area contributed by atoms with Gasteiger partial charge in [-0.15, -0.1) is 0 Å². The molecule has 59 valence electrons. The van der Waals surface area contributed by atoms with E-state index >= 15 is 0 Å². The summed E-state index contributed by atoms with van der Waals surface area (Å²) < 4.78 is 0. The van der Waals surface area contributed by atoms with Crippen LogP contribution < -0.4 is 5.73 Å². The maximum atomic E-state index is 7.00. The summed E-state index contributed by atoms with van der Waals surface area (Å²) in [5.41, 5.74) is 5.63. The Bertz CT molecular complexity index is 66.8. The first-order valence-corrected chi connectivity index (χ1v) is 3.67. The van der Waals surface area contributed by atoms with Crippen LogP contribution in [-0.2, 0) is 0 Å². The van der Waals surface area contributed by atoms with Gasteiger partial charge in [0.25, 0.3) is 0 Å². The fourth-order valence-electron chi connectivity index (χ4n) is 1.13. The van der Waals surface area contributed by atoms with Crippen LogP contribution in [0.3, 0.4) is 0 Å². The van der Waals surface area contributed by atoms with Gasteiger partial charge in [-0.2, -0.15) is 0 Å². The summed E-state index contributed by atoms with van der Waals surface area (Å²) in [6.45, 7) is 0. The molecule has 0 bridgehead atoms. The molecule has 10 heavy (non-hydrogen) atoms. The standard InChI is InChI=1S/C6H13N.BH2O2/c7-6-4-2-1-3-5-6;2-1-3/h6H,1-5,7H2;2-3H. The topological polar surface area (TPSA) is 66.5 Å². The first-order valence-electron chi connectivity index (χ1n) is 3.67. The Morgan fingerprint density at radius 2 is 1.50 bits per heavy atom. The van der Waals surface area contributed by atoms with Crippen LogP contribution in [0.2, 0.25) is 0 Å². The van der Waals surface area contributed by atoms with Gasteiger partial charge < -0.3 is 15.8 Å². The van der Waals surface area contributed by atoms with Crippen LogP contribution in [0.4, 0.5) is 0 Å². The summed E-state index contributed by atoms with van der Waals surface area (Å²) in [5.74, 6) is 0. The highest BCUT2D eigenvalue weighted by molar-refractivity contribution is 6.13. The van der Waals surface area contributed by atoms with Crippen molar-refractivity contribution in [2.75, 3.05) is 0 Å². The third-order valence-corrected chi connectivity index (χ3v) is 1.65. The molecule has 0 unspecified atom stereocenters. The Balaban J connectivity index is 0.000000236. The third kappa shape index (κ3) is 6.07. The highest BCUT2D eigenvalue weighted by atomic mass is 16.4. The summed E-state index contributed by atoms with van der Waals surface area (Å²) in [6, 6.07) is 0.536. The molecule has 1 saturated carbocycles. The molecular weight excluding hydrogens is 129 g/mol. The lowest BCUT2D eigenvalue weighted by atomic mass is 9.97. The van der Waals surface area contributed by atoms with Crippen LogP contribution in [0.1, 0.15) is 32.1 Å². The Labute approximate surface area is 62.5 Å². The van der Waals surface area contributed by atoms with Gasteiger partial charge in [-0.25, -0.2) is 0 Å².